The van der Waals surface area contributed by atoms with Gasteiger partial charge < -0.3 is 0 Å². The van der Waals surface area contributed by atoms with Crippen LogP contribution in [0.3, 0.4) is 0 Å². The zero-order chi connectivity index (χ0) is 2.71. The molecule has 0 spiro atoms. The first kappa shape index (κ1) is 15.8. The van der Waals surface area contributed by atoms with Crippen LogP contribution in [0.25, 0.3) is 0 Å². The van der Waals surface area contributed by atoms with E-state index in [4.69, 9.17) is 0 Å². The number of rotatable bonds is 0. The maximum absolute atomic E-state index is 4.34. The molecular formula is CH6MoS2Sn. The predicted octanol–water partition coefficient (Wildman–Crippen LogP) is 1.01. The van der Waals surface area contributed by atoms with Crippen LogP contribution in [0.5, 0.6) is 0 Å². The summed E-state index contributed by atoms with van der Waals surface area (Å²) in [6.45, 7) is 0. The van der Waals surface area contributed by atoms with Gasteiger partial charge in [-0.1, -0.05) is 7.43 Å². The summed E-state index contributed by atoms with van der Waals surface area (Å²) in [5.41, 5.74) is 0. The summed E-state index contributed by atoms with van der Waals surface area (Å²) in [6.07, 6.45) is 0. The van der Waals surface area contributed by atoms with Crippen LogP contribution in [0.4, 0.5) is 0 Å². The molecule has 0 nitrogen and oxygen atoms in total. The van der Waals surface area contributed by atoms with Gasteiger partial charge in [-0.2, -0.15) is 0 Å². The van der Waals surface area contributed by atoms with Gasteiger partial charge in [0.1, 0.15) is 0 Å². The number of hydrogen-bond donors (Lipinski definition) is 0. The van der Waals surface area contributed by atoms with Gasteiger partial charge in [-0.25, -0.2) is 0 Å². The molecule has 0 saturated carbocycles. The van der Waals surface area contributed by atoms with E-state index in [0.29, 0.717) is 0 Å². The van der Waals surface area contributed by atoms with Gasteiger partial charge in [-0.3, -0.25) is 0 Å². The van der Waals surface area contributed by atoms with Crippen LogP contribution in [0, 0.1) is 0 Å². The van der Waals surface area contributed by atoms with Gasteiger partial charge in [-0.15, -0.1) is 0 Å². The Balaban J connectivity index is -0.0000000200. The van der Waals surface area contributed by atoms with Gasteiger partial charge >= 0.3 is 58.5 Å². The maximum atomic E-state index is 4.34. The van der Waals surface area contributed by atoms with Crippen LogP contribution in [-0.4, -0.2) is 23.9 Å². The van der Waals surface area contributed by atoms with Crippen LogP contribution < -0.4 is 0 Å². The monoisotopic (exact) mass is 300 g/mol. The van der Waals surface area contributed by atoms with E-state index in [9.17, 15) is 0 Å². The first-order chi connectivity index (χ1) is 1.41. The molecule has 0 fully saturated rings. The van der Waals surface area contributed by atoms with Crippen molar-refractivity contribution in [3.8, 4) is 0 Å². The Morgan fingerprint density at radius 1 is 1.20 bits per heavy atom. The van der Waals surface area contributed by atoms with Crippen LogP contribution in [0.15, 0.2) is 0 Å². The third kappa shape index (κ3) is 24.6. The van der Waals surface area contributed by atoms with E-state index in [1.54, 1.807) is 0 Å². The minimum absolute atomic E-state index is 0. The standard InChI is InChI=1S/CH4.Mo.2S.Sn.2H/h1H4;;;;;;. The quantitative estimate of drug-likeness (QED) is 0.612. The second-order valence-corrected chi connectivity index (χ2v) is 3.62. The van der Waals surface area contributed by atoms with E-state index in [0.717, 1.165) is 0 Å². The van der Waals surface area contributed by atoms with Crippen molar-refractivity contribution in [3.05, 3.63) is 0 Å². The summed E-state index contributed by atoms with van der Waals surface area (Å²) in [6, 6.07) is 0. The zero-order valence-corrected chi connectivity index (χ0v) is 9.61. The topological polar surface area (TPSA) is 0 Å². The van der Waals surface area contributed by atoms with Crippen molar-refractivity contribution >= 4 is 43.6 Å². The summed E-state index contributed by atoms with van der Waals surface area (Å²) in [4.78, 5) is 0. The predicted molar refractivity (Wildman–Crippen MR) is 30.5 cm³/mol. The van der Waals surface area contributed by atoms with Gasteiger partial charge in [0.25, 0.3) is 0 Å². The number of hydrogen-bond acceptors (Lipinski definition) is 2. The van der Waals surface area contributed by atoms with E-state index >= 15 is 0 Å². The summed E-state index contributed by atoms with van der Waals surface area (Å²) in [5, 5.41) is 0. The van der Waals surface area contributed by atoms with Crippen molar-refractivity contribution in [2.45, 2.75) is 7.43 Å². The van der Waals surface area contributed by atoms with E-state index in [1.807, 2.05) is 0 Å². The van der Waals surface area contributed by atoms with Crippen molar-refractivity contribution in [1.82, 2.24) is 0 Å². The molecule has 0 saturated heterocycles. The summed E-state index contributed by atoms with van der Waals surface area (Å²) in [5.74, 6) is 0. The second kappa shape index (κ2) is 16.8. The molecule has 0 aromatic heterocycles. The fourth-order valence-corrected chi connectivity index (χ4v) is 0. The van der Waals surface area contributed by atoms with Gasteiger partial charge in [0.05, 0.1) is 0 Å². The molecule has 0 heterocycles. The van der Waals surface area contributed by atoms with Crippen molar-refractivity contribution < 1.29 is 14.9 Å². The molecule has 0 aromatic carbocycles. The normalized spacial score (nSPS) is 2.40. The molecule has 0 aromatic rings. The third-order valence-electron chi connectivity index (χ3n) is 0. The van der Waals surface area contributed by atoms with Crippen molar-refractivity contribution in [1.29, 1.82) is 0 Å². The van der Waals surface area contributed by atoms with Crippen molar-refractivity contribution in [3.63, 3.8) is 0 Å². The Morgan fingerprint density at radius 3 is 1.20 bits per heavy atom. The molecule has 0 aliphatic heterocycles. The molecule has 0 N–H and O–H groups in total. The molecule has 0 amide bonds. The summed E-state index contributed by atoms with van der Waals surface area (Å²) < 4.78 is 0. The average molecular weight is 297 g/mol. The average Bonchev–Trinajstić information content (AvgIpc) is 0.918. The summed E-state index contributed by atoms with van der Waals surface area (Å²) >= 11 is -0.363. The molecule has 0 rings (SSSR count). The molecule has 32 valence electrons. The van der Waals surface area contributed by atoms with Gasteiger partial charge in [0.2, 0.25) is 0 Å². The molecular weight excluding hydrogens is 291 g/mol. The van der Waals surface area contributed by atoms with Gasteiger partial charge in [0, 0.05) is 0 Å². The van der Waals surface area contributed by atoms with Gasteiger partial charge in [-0.05, 0) is 0 Å². The van der Waals surface area contributed by atoms with Crippen LogP contribution in [-0.2, 0) is 14.9 Å². The molecule has 5 heavy (non-hydrogen) atoms. The van der Waals surface area contributed by atoms with Crippen LogP contribution >= 0.6 is 19.6 Å². The molecule has 0 atom stereocenters. The Hall–Kier alpha value is 1.93. The molecule has 0 aliphatic rings. The second-order valence-electron chi connectivity index (χ2n) is 0.0680. The van der Waals surface area contributed by atoms with Gasteiger partial charge in [0.15, 0.2) is 0 Å². The Kier molecular flexibility index (Phi) is 53.0. The molecule has 0 unspecified atom stereocenters. The first-order valence-corrected chi connectivity index (χ1v) is 5.92. The SMILES string of the molecule is C.[S]=[Mo]=[S].[SnH2]. The van der Waals surface area contributed by atoms with Crippen LogP contribution in [0.1, 0.15) is 7.43 Å². The third-order valence-corrected chi connectivity index (χ3v) is 0. The Bertz CT molecular complexity index is 30.6. The van der Waals surface area contributed by atoms with E-state index in [-0.39, 0.29) is 46.3 Å². The Labute approximate surface area is 65.1 Å². The molecule has 0 aliphatic carbocycles. The van der Waals surface area contributed by atoms with E-state index in [2.05, 4.69) is 19.6 Å². The molecule has 2 radical (unpaired) electrons. The molecule has 0 bridgehead atoms. The van der Waals surface area contributed by atoms with Crippen molar-refractivity contribution in [2.75, 3.05) is 0 Å². The minimum atomic E-state index is -0.363. The van der Waals surface area contributed by atoms with Crippen LogP contribution in [0.2, 0.25) is 0 Å². The first-order valence-electron chi connectivity index (χ1n) is 0.333. The fourth-order valence-electron chi connectivity index (χ4n) is 0. The van der Waals surface area contributed by atoms with Crippen molar-refractivity contribution in [2.24, 2.45) is 0 Å². The zero-order valence-electron chi connectivity index (χ0n) is 1.93. The van der Waals surface area contributed by atoms with E-state index in [1.165, 1.54) is 0 Å². The summed E-state index contributed by atoms with van der Waals surface area (Å²) in [7, 11) is 8.68. The van der Waals surface area contributed by atoms with E-state index < -0.39 is 0 Å². The Morgan fingerprint density at radius 2 is 1.20 bits per heavy atom. The molecule has 4 heteroatoms. The fraction of sp³-hybridized carbons (Fsp3) is 1.00.